The van der Waals surface area contributed by atoms with Crippen LogP contribution >= 0.6 is 0 Å². The predicted octanol–water partition coefficient (Wildman–Crippen LogP) is 2.53. The van der Waals surface area contributed by atoms with Crippen LogP contribution in [-0.4, -0.2) is 36.5 Å². The van der Waals surface area contributed by atoms with Crippen molar-refractivity contribution in [2.45, 2.75) is 6.42 Å². The zero-order chi connectivity index (χ0) is 19.2. The normalized spacial score (nSPS) is 10.3. The highest BCUT2D eigenvalue weighted by atomic mass is 16.5. The standard InChI is InChI=1S/C19H20N4O4/c1-25-13-6-4-12(5-7-13)10-16-18(24)21-19(23-22-16)20-15-9-8-14(26-2)11-17(15)27-3/h4-9,11H,10H2,1-3H3,(H2,20,21,23,24). The maximum absolute atomic E-state index is 12.3. The van der Waals surface area contributed by atoms with Crippen molar-refractivity contribution in [3.8, 4) is 17.2 Å². The number of hydrogen-bond donors (Lipinski definition) is 2. The number of methoxy groups -OCH3 is 3. The molecule has 1 heterocycles. The fraction of sp³-hybridized carbons (Fsp3) is 0.211. The van der Waals surface area contributed by atoms with E-state index in [1.165, 1.54) is 0 Å². The van der Waals surface area contributed by atoms with Gasteiger partial charge in [0, 0.05) is 12.5 Å². The van der Waals surface area contributed by atoms with Crippen molar-refractivity contribution >= 4 is 11.6 Å². The number of hydrogen-bond acceptors (Lipinski definition) is 7. The average molecular weight is 368 g/mol. The van der Waals surface area contributed by atoms with Crippen LogP contribution < -0.4 is 25.1 Å². The molecule has 27 heavy (non-hydrogen) atoms. The molecule has 0 fully saturated rings. The predicted molar refractivity (Wildman–Crippen MR) is 101 cm³/mol. The van der Waals surface area contributed by atoms with E-state index in [0.29, 0.717) is 29.3 Å². The highest BCUT2D eigenvalue weighted by Crippen LogP contribution is 2.30. The lowest BCUT2D eigenvalue weighted by atomic mass is 10.1. The molecule has 140 valence electrons. The number of nitrogens with one attached hydrogen (secondary N) is 2. The molecule has 0 aliphatic carbocycles. The molecular formula is C19H20N4O4. The van der Waals surface area contributed by atoms with Crippen LogP contribution in [0.1, 0.15) is 11.3 Å². The molecular weight excluding hydrogens is 348 g/mol. The number of ether oxygens (including phenoxy) is 3. The second-order valence-corrected chi connectivity index (χ2v) is 5.67. The van der Waals surface area contributed by atoms with Crippen molar-refractivity contribution in [1.82, 2.24) is 15.2 Å². The second-order valence-electron chi connectivity index (χ2n) is 5.67. The second kappa shape index (κ2) is 8.22. The molecule has 8 heteroatoms. The summed E-state index contributed by atoms with van der Waals surface area (Å²) in [5.41, 5.74) is 1.59. The number of aromatic amines is 1. The highest BCUT2D eigenvalue weighted by molar-refractivity contribution is 5.64. The summed E-state index contributed by atoms with van der Waals surface area (Å²) >= 11 is 0. The molecule has 0 amide bonds. The van der Waals surface area contributed by atoms with Gasteiger partial charge in [0.25, 0.3) is 5.56 Å². The van der Waals surface area contributed by atoms with Gasteiger partial charge in [-0.05, 0) is 29.8 Å². The molecule has 0 saturated heterocycles. The molecule has 0 atom stereocenters. The van der Waals surface area contributed by atoms with Crippen LogP contribution in [0.25, 0.3) is 0 Å². The van der Waals surface area contributed by atoms with E-state index in [0.717, 1.165) is 11.3 Å². The Labute approximate surface area is 156 Å². The first-order valence-electron chi connectivity index (χ1n) is 8.20. The Balaban J connectivity index is 1.77. The van der Waals surface area contributed by atoms with Gasteiger partial charge in [-0.2, -0.15) is 0 Å². The number of nitrogens with zero attached hydrogens (tertiary/aromatic N) is 2. The van der Waals surface area contributed by atoms with Crippen LogP contribution in [-0.2, 0) is 6.42 Å². The van der Waals surface area contributed by atoms with Gasteiger partial charge in [0.1, 0.15) is 22.9 Å². The van der Waals surface area contributed by atoms with E-state index >= 15 is 0 Å². The van der Waals surface area contributed by atoms with Gasteiger partial charge in [-0.3, -0.25) is 9.78 Å². The summed E-state index contributed by atoms with van der Waals surface area (Å²) < 4.78 is 15.6. The first kappa shape index (κ1) is 18.2. The van der Waals surface area contributed by atoms with Gasteiger partial charge in [0.15, 0.2) is 0 Å². The van der Waals surface area contributed by atoms with Crippen molar-refractivity contribution in [3.63, 3.8) is 0 Å². The summed E-state index contributed by atoms with van der Waals surface area (Å²) in [7, 11) is 4.73. The number of H-pyrrole nitrogens is 1. The van der Waals surface area contributed by atoms with Gasteiger partial charge in [-0.1, -0.05) is 12.1 Å². The third-order valence-electron chi connectivity index (χ3n) is 3.96. The molecule has 0 aliphatic rings. The summed E-state index contributed by atoms with van der Waals surface area (Å²) in [4.78, 5) is 15.0. The van der Waals surface area contributed by atoms with Gasteiger partial charge in [0.05, 0.1) is 27.0 Å². The Kier molecular flexibility index (Phi) is 5.55. The van der Waals surface area contributed by atoms with Gasteiger partial charge in [-0.15, -0.1) is 10.2 Å². The lowest BCUT2D eigenvalue weighted by Crippen LogP contribution is -2.19. The summed E-state index contributed by atoms with van der Waals surface area (Å²) in [5, 5.41) is 11.1. The van der Waals surface area contributed by atoms with E-state index in [-0.39, 0.29) is 11.5 Å². The maximum Gasteiger partial charge on any atom is 0.274 e. The molecule has 1 aromatic heterocycles. The minimum atomic E-state index is -0.309. The Bertz CT molecular complexity index is 970. The molecule has 0 saturated carbocycles. The average Bonchev–Trinajstić information content (AvgIpc) is 2.71. The minimum absolute atomic E-state index is 0.224. The Hall–Kier alpha value is -3.55. The van der Waals surface area contributed by atoms with Crippen LogP contribution in [0.2, 0.25) is 0 Å². The van der Waals surface area contributed by atoms with Crippen molar-refractivity contribution in [3.05, 3.63) is 64.1 Å². The third kappa shape index (κ3) is 4.35. The maximum atomic E-state index is 12.3. The summed E-state index contributed by atoms with van der Waals surface area (Å²) in [5.74, 6) is 2.19. The van der Waals surface area contributed by atoms with Crippen LogP contribution in [0.3, 0.4) is 0 Å². The molecule has 2 aromatic carbocycles. The van der Waals surface area contributed by atoms with Gasteiger partial charge in [0.2, 0.25) is 5.95 Å². The number of rotatable bonds is 7. The largest absolute Gasteiger partial charge is 0.497 e. The van der Waals surface area contributed by atoms with Gasteiger partial charge >= 0.3 is 0 Å². The zero-order valence-corrected chi connectivity index (χ0v) is 15.3. The van der Waals surface area contributed by atoms with Crippen LogP contribution in [0, 0.1) is 0 Å². The van der Waals surface area contributed by atoms with Gasteiger partial charge in [-0.25, -0.2) is 0 Å². The van der Waals surface area contributed by atoms with Crippen LogP contribution in [0.5, 0.6) is 17.2 Å². The summed E-state index contributed by atoms with van der Waals surface area (Å²) in [6.45, 7) is 0. The monoisotopic (exact) mass is 368 g/mol. The van der Waals surface area contributed by atoms with Crippen molar-refractivity contribution in [2.24, 2.45) is 0 Å². The summed E-state index contributed by atoms with van der Waals surface area (Å²) in [6, 6.07) is 12.7. The highest BCUT2D eigenvalue weighted by Gasteiger charge is 2.10. The van der Waals surface area contributed by atoms with E-state index < -0.39 is 0 Å². The van der Waals surface area contributed by atoms with Crippen molar-refractivity contribution in [1.29, 1.82) is 0 Å². The number of benzene rings is 2. The first-order valence-corrected chi connectivity index (χ1v) is 8.20. The quantitative estimate of drug-likeness (QED) is 0.661. The molecule has 0 spiro atoms. The zero-order valence-electron chi connectivity index (χ0n) is 15.3. The van der Waals surface area contributed by atoms with Crippen LogP contribution in [0.4, 0.5) is 11.6 Å². The van der Waals surface area contributed by atoms with E-state index in [1.807, 2.05) is 24.3 Å². The SMILES string of the molecule is COc1ccc(Cc2nnc(Nc3ccc(OC)cc3OC)[nH]c2=O)cc1. The summed E-state index contributed by atoms with van der Waals surface area (Å²) in [6.07, 6.45) is 0.373. The number of anilines is 2. The Morgan fingerprint density at radius 3 is 2.26 bits per heavy atom. The first-order chi connectivity index (χ1) is 13.1. The molecule has 0 aliphatic heterocycles. The molecule has 0 unspecified atom stereocenters. The van der Waals surface area contributed by atoms with Crippen LogP contribution in [0.15, 0.2) is 47.3 Å². The molecule has 3 rings (SSSR count). The fourth-order valence-electron chi connectivity index (χ4n) is 2.50. The smallest absolute Gasteiger partial charge is 0.274 e. The van der Waals surface area contributed by atoms with Crippen molar-refractivity contribution < 1.29 is 14.2 Å². The molecule has 3 aromatic rings. The third-order valence-corrected chi connectivity index (χ3v) is 3.96. The van der Waals surface area contributed by atoms with E-state index in [1.54, 1.807) is 39.5 Å². The van der Waals surface area contributed by atoms with E-state index in [2.05, 4.69) is 20.5 Å². The van der Waals surface area contributed by atoms with E-state index in [4.69, 9.17) is 14.2 Å². The fourth-order valence-corrected chi connectivity index (χ4v) is 2.50. The van der Waals surface area contributed by atoms with Crippen molar-refractivity contribution in [2.75, 3.05) is 26.6 Å². The topological polar surface area (TPSA) is 98.4 Å². The lowest BCUT2D eigenvalue weighted by molar-refractivity contribution is 0.395. The Morgan fingerprint density at radius 1 is 0.926 bits per heavy atom. The molecule has 0 radical (unpaired) electrons. The number of aromatic nitrogens is 3. The molecule has 0 bridgehead atoms. The van der Waals surface area contributed by atoms with Gasteiger partial charge < -0.3 is 19.5 Å². The molecule has 8 nitrogen and oxygen atoms in total. The lowest BCUT2D eigenvalue weighted by Gasteiger charge is -2.11. The molecule has 2 N–H and O–H groups in total. The Morgan fingerprint density at radius 2 is 1.63 bits per heavy atom. The minimum Gasteiger partial charge on any atom is -0.497 e. The van der Waals surface area contributed by atoms with E-state index in [9.17, 15) is 4.79 Å².